The number of aryl methyl sites for hydroxylation is 1. The molecule has 8 heteroatoms. The van der Waals surface area contributed by atoms with Gasteiger partial charge in [-0.25, -0.2) is 4.98 Å². The van der Waals surface area contributed by atoms with Crippen LogP contribution in [0, 0.1) is 12.8 Å². The summed E-state index contributed by atoms with van der Waals surface area (Å²) in [5, 5.41) is 0.886. The second-order valence-electron chi connectivity index (χ2n) is 7.43. The molecule has 2 N–H and O–H groups in total. The fourth-order valence-corrected chi connectivity index (χ4v) is 3.41. The van der Waals surface area contributed by atoms with Gasteiger partial charge in [0.2, 0.25) is 0 Å². The molecule has 29 heavy (non-hydrogen) atoms. The highest BCUT2D eigenvalue weighted by atomic mass is 32.1. The first-order valence-corrected chi connectivity index (χ1v) is 10.4. The Morgan fingerprint density at radius 1 is 1.10 bits per heavy atom. The van der Waals surface area contributed by atoms with E-state index >= 15 is 0 Å². The molecular formula is C21H29N3O4S. The van der Waals surface area contributed by atoms with Gasteiger partial charge >= 0.3 is 0 Å². The third kappa shape index (κ3) is 6.19. The molecule has 0 aliphatic heterocycles. The molecule has 0 saturated carbocycles. The van der Waals surface area contributed by atoms with Crippen LogP contribution in [0.2, 0.25) is 0 Å². The fraction of sp³-hybridized carbons (Fsp3) is 0.476. The van der Waals surface area contributed by atoms with Gasteiger partial charge in [-0.3, -0.25) is 20.4 Å². The Hall–Kier alpha value is -2.61. The molecule has 7 nitrogen and oxygen atoms in total. The SMILES string of the molecule is COc1cc(C(=O)NNC(=O)c2sc(C(C)C)nc2C)ccc1OCCC(C)C. The highest BCUT2D eigenvalue weighted by Gasteiger charge is 2.18. The number of carbonyl (C=O) groups excluding carboxylic acids is 2. The molecule has 0 aliphatic carbocycles. The number of nitrogens with zero attached hydrogens (tertiary/aromatic N) is 1. The van der Waals surface area contributed by atoms with Gasteiger partial charge in [0.25, 0.3) is 11.8 Å². The molecule has 0 saturated heterocycles. The van der Waals surface area contributed by atoms with E-state index in [1.165, 1.54) is 18.4 Å². The van der Waals surface area contributed by atoms with Crippen molar-refractivity contribution >= 4 is 23.2 Å². The fourth-order valence-electron chi connectivity index (χ4n) is 2.45. The quantitative estimate of drug-likeness (QED) is 0.629. The van der Waals surface area contributed by atoms with E-state index in [2.05, 4.69) is 29.7 Å². The summed E-state index contributed by atoms with van der Waals surface area (Å²) in [6.07, 6.45) is 0.924. The monoisotopic (exact) mass is 419 g/mol. The maximum Gasteiger partial charge on any atom is 0.281 e. The molecule has 0 unspecified atom stereocenters. The summed E-state index contributed by atoms with van der Waals surface area (Å²) in [5.74, 6) is 0.984. The molecule has 1 aromatic carbocycles. The zero-order valence-corrected chi connectivity index (χ0v) is 18.6. The first-order chi connectivity index (χ1) is 13.7. The number of nitrogens with one attached hydrogen (secondary N) is 2. The van der Waals surface area contributed by atoms with Crippen LogP contribution in [0.4, 0.5) is 0 Å². The van der Waals surface area contributed by atoms with E-state index in [0.717, 1.165) is 11.4 Å². The first kappa shape index (κ1) is 22.7. The Labute approximate surface area is 175 Å². The average Bonchev–Trinajstić information content (AvgIpc) is 3.07. The minimum atomic E-state index is -0.448. The molecule has 2 aromatic rings. The molecule has 0 fully saturated rings. The normalized spacial score (nSPS) is 10.9. The summed E-state index contributed by atoms with van der Waals surface area (Å²) in [7, 11) is 1.52. The number of carbonyl (C=O) groups is 2. The summed E-state index contributed by atoms with van der Waals surface area (Å²) in [5.41, 5.74) is 5.88. The van der Waals surface area contributed by atoms with Crippen LogP contribution in [0.1, 0.15) is 70.8 Å². The van der Waals surface area contributed by atoms with Gasteiger partial charge in [0, 0.05) is 11.5 Å². The average molecular weight is 420 g/mol. The van der Waals surface area contributed by atoms with Crippen LogP contribution in [0.3, 0.4) is 0 Å². The number of hydrogen-bond donors (Lipinski definition) is 2. The van der Waals surface area contributed by atoms with Gasteiger partial charge < -0.3 is 9.47 Å². The lowest BCUT2D eigenvalue weighted by Gasteiger charge is -2.13. The van der Waals surface area contributed by atoms with Gasteiger partial charge in [0.05, 0.1) is 24.4 Å². The van der Waals surface area contributed by atoms with Crippen molar-refractivity contribution in [3.63, 3.8) is 0 Å². The lowest BCUT2D eigenvalue weighted by molar-refractivity contribution is 0.0848. The Bertz CT molecular complexity index is 862. The van der Waals surface area contributed by atoms with Crippen molar-refractivity contribution in [1.82, 2.24) is 15.8 Å². The highest BCUT2D eigenvalue weighted by Crippen LogP contribution is 2.28. The van der Waals surface area contributed by atoms with Gasteiger partial charge in [0.1, 0.15) is 4.88 Å². The standard InChI is InChI=1S/C21H29N3O4S/c1-12(2)9-10-28-16-8-7-15(11-17(16)27-6)19(25)23-24-20(26)18-14(5)22-21(29-18)13(3)4/h7-8,11-13H,9-10H2,1-6H3,(H,23,25)(H,24,26). The van der Waals surface area contributed by atoms with E-state index in [0.29, 0.717) is 40.2 Å². The molecule has 2 amide bonds. The van der Waals surface area contributed by atoms with Crippen LogP contribution in [0.25, 0.3) is 0 Å². The van der Waals surface area contributed by atoms with Crippen molar-refractivity contribution < 1.29 is 19.1 Å². The van der Waals surface area contributed by atoms with E-state index in [1.807, 2.05) is 13.8 Å². The number of hydrogen-bond acceptors (Lipinski definition) is 6. The zero-order chi connectivity index (χ0) is 21.6. The van der Waals surface area contributed by atoms with Crippen molar-refractivity contribution in [1.29, 1.82) is 0 Å². The Morgan fingerprint density at radius 2 is 1.79 bits per heavy atom. The molecule has 0 radical (unpaired) electrons. The van der Waals surface area contributed by atoms with E-state index in [-0.39, 0.29) is 11.8 Å². The summed E-state index contributed by atoms with van der Waals surface area (Å²) in [4.78, 5) is 29.7. The Balaban J connectivity index is 2.00. The number of methoxy groups -OCH3 is 1. The Morgan fingerprint density at radius 3 is 2.38 bits per heavy atom. The number of aromatic nitrogens is 1. The van der Waals surface area contributed by atoms with Crippen molar-refractivity contribution in [2.45, 2.75) is 47.0 Å². The smallest absolute Gasteiger partial charge is 0.281 e. The topological polar surface area (TPSA) is 89.6 Å². The second-order valence-corrected chi connectivity index (χ2v) is 8.46. The summed E-state index contributed by atoms with van der Waals surface area (Å²) >= 11 is 1.33. The number of rotatable bonds is 8. The van der Waals surface area contributed by atoms with Crippen molar-refractivity contribution in [3.05, 3.63) is 39.3 Å². The van der Waals surface area contributed by atoms with Crippen LogP contribution < -0.4 is 20.3 Å². The third-order valence-electron chi connectivity index (χ3n) is 4.18. The lowest BCUT2D eigenvalue weighted by atomic mass is 10.1. The summed E-state index contributed by atoms with van der Waals surface area (Å²) in [6, 6.07) is 4.91. The lowest BCUT2D eigenvalue weighted by Crippen LogP contribution is -2.41. The number of benzene rings is 1. The summed E-state index contributed by atoms with van der Waals surface area (Å²) < 4.78 is 11.1. The molecule has 158 valence electrons. The highest BCUT2D eigenvalue weighted by molar-refractivity contribution is 7.13. The zero-order valence-electron chi connectivity index (χ0n) is 17.8. The van der Waals surface area contributed by atoms with E-state index in [1.54, 1.807) is 25.1 Å². The van der Waals surface area contributed by atoms with Crippen LogP contribution in [-0.2, 0) is 0 Å². The third-order valence-corrected chi connectivity index (χ3v) is 5.64. The number of hydrazine groups is 1. The molecule has 0 spiro atoms. The molecule has 1 aromatic heterocycles. The van der Waals surface area contributed by atoms with Gasteiger partial charge in [-0.15, -0.1) is 11.3 Å². The maximum absolute atomic E-state index is 12.4. The first-order valence-electron chi connectivity index (χ1n) is 9.61. The minimum absolute atomic E-state index is 0.239. The minimum Gasteiger partial charge on any atom is -0.493 e. The predicted octanol–water partition coefficient (Wildman–Crippen LogP) is 4.08. The van der Waals surface area contributed by atoms with Gasteiger partial charge in [-0.05, 0) is 37.5 Å². The number of thiazole rings is 1. The molecule has 2 rings (SSSR count). The number of amides is 2. The van der Waals surface area contributed by atoms with E-state index in [9.17, 15) is 9.59 Å². The molecule has 0 aliphatic rings. The maximum atomic E-state index is 12.4. The number of ether oxygens (including phenoxy) is 2. The van der Waals surface area contributed by atoms with Crippen LogP contribution in [0.15, 0.2) is 18.2 Å². The second kappa shape index (κ2) is 10.2. The van der Waals surface area contributed by atoms with Crippen molar-refractivity contribution in [2.75, 3.05) is 13.7 Å². The van der Waals surface area contributed by atoms with E-state index in [4.69, 9.17) is 9.47 Å². The van der Waals surface area contributed by atoms with Crippen molar-refractivity contribution in [2.24, 2.45) is 5.92 Å². The largest absolute Gasteiger partial charge is 0.493 e. The predicted molar refractivity (Wildman–Crippen MR) is 114 cm³/mol. The summed E-state index contributed by atoms with van der Waals surface area (Å²) in [6.45, 7) is 10.6. The molecule has 1 heterocycles. The molecular weight excluding hydrogens is 390 g/mol. The van der Waals surface area contributed by atoms with Crippen LogP contribution in [0.5, 0.6) is 11.5 Å². The Kier molecular flexibility index (Phi) is 8.01. The van der Waals surface area contributed by atoms with Crippen LogP contribution in [-0.4, -0.2) is 30.5 Å². The van der Waals surface area contributed by atoms with Gasteiger partial charge in [0.15, 0.2) is 11.5 Å². The van der Waals surface area contributed by atoms with Crippen LogP contribution >= 0.6 is 11.3 Å². The van der Waals surface area contributed by atoms with Gasteiger partial charge in [-0.2, -0.15) is 0 Å². The molecule has 0 atom stereocenters. The van der Waals surface area contributed by atoms with Gasteiger partial charge in [-0.1, -0.05) is 27.7 Å². The molecule has 0 bridgehead atoms. The van der Waals surface area contributed by atoms with E-state index < -0.39 is 5.91 Å². The van der Waals surface area contributed by atoms with Crippen molar-refractivity contribution in [3.8, 4) is 11.5 Å².